The molecule has 1 saturated carbocycles. The van der Waals surface area contributed by atoms with Gasteiger partial charge in [-0.25, -0.2) is 0 Å². The summed E-state index contributed by atoms with van der Waals surface area (Å²) in [5.74, 6) is 1.15. The van der Waals surface area contributed by atoms with Crippen molar-refractivity contribution in [3.63, 3.8) is 0 Å². The molecule has 0 aromatic heterocycles. The van der Waals surface area contributed by atoms with Crippen molar-refractivity contribution in [2.75, 3.05) is 7.05 Å². The summed E-state index contributed by atoms with van der Waals surface area (Å²) in [6, 6.07) is 0.950. The summed E-state index contributed by atoms with van der Waals surface area (Å²) in [7, 11) is 1.98. The lowest BCUT2D eigenvalue weighted by Crippen LogP contribution is -2.43. The van der Waals surface area contributed by atoms with E-state index in [0.717, 1.165) is 11.4 Å². The number of hydrogen-bond donors (Lipinski definition) is 3. The molecule has 21 heavy (non-hydrogen) atoms. The highest BCUT2D eigenvalue weighted by Gasteiger charge is 2.22. The van der Waals surface area contributed by atoms with Gasteiger partial charge in [-0.05, 0) is 38.3 Å². The molecule has 1 aliphatic heterocycles. The van der Waals surface area contributed by atoms with E-state index in [0.29, 0.717) is 12.1 Å². The van der Waals surface area contributed by atoms with Crippen LogP contribution >= 0.6 is 0 Å². The first-order chi connectivity index (χ1) is 10.1. The standard InChI is InChI=1S/C16H27N3.C2H6/c1-11(2)15-14(17-4)10-12(3)18-16(15)19-13-8-6-5-7-9-13;1-2/h10,12-13,17-19H,1,5-9H2,2-4H3;1-2H3/t12-;/m0./s1. The Labute approximate surface area is 131 Å². The van der Waals surface area contributed by atoms with Gasteiger partial charge in [0, 0.05) is 30.4 Å². The largest absolute Gasteiger partial charge is 0.388 e. The Morgan fingerprint density at radius 2 is 1.86 bits per heavy atom. The lowest BCUT2D eigenvalue weighted by molar-refractivity contribution is 0.384. The molecule has 1 atom stereocenters. The first kappa shape index (κ1) is 17.7. The lowest BCUT2D eigenvalue weighted by atomic mass is 9.94. The van der Waals surface area contributed by atoms with E-state index in [1.165, 1.54) is 43.4 Å². The average molecular weight is 291 g/mol. The van der Waals surface area contributed by atoms with Gasteiger partial charge in [0.25, 0.3) is 0 Å². The Bertz CT molecular complexity index is 401. The monoisotopic (exact) mass is 291 g/mol. The molecule has 0 spiro atoms. The molecule has 0 unspecified atom stereocenters. The number of likely N-dealkylation sites (N-methyl/N-ethyl adjacent to an activating group) is 1. The van der Waals surface area contributed by atoms with Crippen LogP contribution in [0.1, 0.15) is 59.8 Å². The zero-order valence-corrected chi connectivity index (χ0v) is 14.5. The summed E-state index contributed by atoms with van der Waals surface area (Å²) >= 11 is 0. The van der Waals surface area contributed by atoms with Crippen LogP contribution < -0.4 is 16.0 Å². The fourth-order valence-corrected chi connectivity index (χ4v) is 3.03. The summed E-state index contributed by atoms with van der Waals surface area (Å²) in [4.78, 5) is 0. The molecule has 120 valence electrons. The van der Waals surface area contributed by atoms with E-state index in [4.69, 9.17) is 0 Å². The van der Waals surface area contributed by atoms with Gasteiger partial charge < -0.3 is 16.0 Å². The predicted molar refractivity (Wildman–Crippen MR) is 92.9 cm³/mol. The molecule has 3 N–H and O–H groups in total. The molecule has 0 amide bonds. The highest BCUT2D eigenvalue weighted by molar-refractivity contribution is 5.49. The summed E-state index contributed by atoms with van der Waals surface area (Å²) in [5.41, 5.74) is 3.47. The number of nitrogens with one attached hydrogen (secondary N) is 3. The zero-order chi connectivity index (χ0) is 15.8. The molecule has 0 aromatic carbocycles. The quantitative estimate of drug-likeness (QED) is 0.737. The summed E-state index contributed by atoms with van der Waals surface area (Å²) < 4.78 is 0. The Kier molecular flexibility index (Phi) is 7.41. The molecule has 2 rings (SSSR count). The first-order valence-electron chi connectivity index (χ1n) is 8.45. The third-order valence-corrected chi connectivity index (χ3v) is 3.96. The van der Waals surface area contributed by atoms with Gasteiger partial charge in [0.1, 0.15) is 5.82 Å². The molecular formula is C18H33N3. The maximum Gasteiger partial charge on any atom is 0.109 e. The summed E-state index contributed by atoms with van der Waals surface area (Å²) in [6.07, 6.45) is 8.85. The molecule has 1 heterocycles. The van der Waals surface area contributed by atoms with Crippen molar-refractivity contribution in [3.8, 4) is 0 Å². The second kappa shape index (κ2) is 8.81. The van der Waals surface area contributed by atoms with E-state index in [-0.39, 0.29) is 0 Å². The lowest BCUT2D eigenvalue weighted by Gasteiger charge is -2.32. The maximum atomic E-state index is 4.13. The second-order valence-corrected chi connectivity index (χ2v) is 5.77. The van der Waals surface area contributed by atoms with Crippen LogP contribution in [0, 0.1) is 0 Å². The average Bonchev–Trinajstić information content (AvgIpc) is 2.49. The van der Waals surface area contributed by atoms with Crippen molar-refractivity contribution in [2.24, 2.45) is 0 Å². The minimum Gasteiger partial charge on any atom is -0.388 e. The van der Waals surface area contributed by atoms with E-state index in [9.17, 15) is 0 Å². The Balaban J connectivity index is 0.00000106. The predicted octanol–water partition coefficient (Wildman–Crippen LogP) is 3.82. The van der Waals surface area contributed by atoms with Gasteiger partial charge in [0.15, 0.2) is 0 Å². The van der Waals surface area contributed by atoms with Crippen molar-refractivity contribution in [2.45, 2.75) is 71.9 Å². The van der Waals surface area contributed by atoms with Gasteiger partial charge in [0.05, 0.1) is 0 Å². The van der Waals surface area contributed by atoms with Crippen LogP contribution in [-0.4, -0.2) is 19.1 Å². The normalized spacial score (nSPS) is 22.5. The fraction of sp³-hybridized carbons (Fsp3) is 0.667. The van der Waals surface area contributed by atoms with Crippen LogP contribution in [0.3, 0.4) is 0 Å². The smallest absolute Gasteiger partial charge is 0.109 e. The number of dihydropyridines is 1. The minimum atomic E-state index is 0.344. The Hall–Kier alpha value is -1.38. The van der Waals surface area contributed by atoms with Gasteiger partial charge in [-0.1, -0.05) is 39.7 Å². The molecular weight excluding hydrogens is 258 g/mol. The van der Waals surface area contributed by atoms with Crippen molar-refractivity contribution < 1.29 is 0 Å². The van der Waals surface area contributed by atoms with Crippen LogP contribution in [-0.2, 0) is 0 Å². The van der Waals surface area contributed by atoms with Crippen molar-refractivity contribution in [3.05, 3.63) is 35.3 Å². The number of rotatable bonds is 4. The van der Waals surface area contributed by atoms with Gasteiger partial charge in [0.2, 0.25) is 0 Å². The number of hydrogen-bond acceptors (Lipinski definition) is 3. The van der Waals surface area contributed by atoms with Crippen LogP contribution in [0.5, 0.6) is 0 Å². The minimum absolute atomic E-state index is 0.344. The number of allylic oxidation sites excluding steroid dienone is 1. The Morgan fingerprint density at radius 3 is 2.38 bits per heavy atom. The molecule has 0 aromatic rings. The fourth-order valence-electron chi connectivity index (χ4n) is 3.03. The van der Waals surface area contributed by atoms with Crippen LogP contribution in [0.4, 0.5) is 0 Å². The van der Waals surface area contributed by atoms with E-state index >= 15 is 0 Å². The molecule has 1 aliphatic carbocycles. The van der Waals surface area contributed by atoms with Crippen LogP contribution in [0.15, 0.2) is 35.3 Å². The van der Waals surface area contributed by atoms with Gasteiger partial charge in [-0.3, -0.25) is 0 Å². The highest BCUT2D eigenvalue weighted by Crippen LogP contribution is 2.25. The van der Waals surface area contributed by atoms with E-state index < -0.39 is 0 Å². The molecule has 2 aliphatic rings. The maximum absolute atomic E-state index is 4.13. The van der Waals surface area contributed by atoms with Crippen molar-refractivity contribution in [1.82, 2.24) is 16.0 Å². The summed E-state index contributed by atoms with van der Waals surface area (Å²) in [6.45, 7) is 12.4. The molecule has 3 nitrogen and oxygen atoms in total. The van der Waals surface area contributed by atoms with Gasteiger partial charge in [-0.15, -0.1) is 0 Å². The van der Waals surface area contributed by atoms with E-state index in [2.05, 4.69) is 42.5 Å². The molecule has 1 fully saturated rings. The topological polar surface area (TPSA) is 36.1 Å². The molecule has 3 heteroatoms. The third-order valence-electron chi connectivity index (χ3n) is 3.96. The molecule has 0 radical (unpaired) electrons. The van der Waals surface area contributed by atoms with Gasteiger partial charge in [-0.2, -0.15) is 0 Å². The SMILES string of the molecule is C=C(C)C1=C(NC2CCCCC2)N[C@@H](C)C=C1NC.CC. The van der Waals surface area contributed by atoms with Crippen molar-refractivity contribution in [1.29, 1.82) is 0 Å². The van der Waals surface area contributed by atoms with Gasteiger partial charge >= 0.3 is 0 Å². The zero-order valence-electron chi connectivity index (χ0n) is 14.5. The van der Waals surface area contributed by atoms with Crippen LogP contribution in [0.25, 0.3) is 0 Å². The molecule has 0 bridgehead atoms. The highest BCUT2D eigenvalue weighted by atomic mass is 15.1. The van der Waals surface area contributed by atoms with Crippen molar-refractivity contribution >= 4 is 0 Å². The second-order valence-electron chi connectivity index (χ2n) is 5.77. The Morgan fingerprint density at radius 1 is 1.24 bits per heavy atom. The van der Waals surface area contributed by atoms with E-state index in [1.807, 2.05) is 20.9 Å². The third kappa shape index (κ3) is 4.83. The first-order valence-corrected chi connectivity index (χ1v) is 8.45. The molecule has 0 saturated heterocycles. The van der Waals surface area contributed by atoms with E-state index in [1.54, 1.807) is 0 Å². The summed E-state index contributed by atoms with van der Waals surface area (Å²) in [5, 5.41) is 10.6. The van der Waals surface area contributed by atoms with Crippen LogP contribution in [0.2, 0.25) is 0 Å².